The number of benzene rings is 2. The Labute approximate surface area is 212 Å². The number of ether oxygens (including phenoxy) is 1. The highest BCUT2D eigenvalue weighted by molar-refractivity contribution is 6.35. The normalized spacial score (nSPS) is 20.5. The fourth-order valence-corrected chi connectivity index (χ4v) is 5.26. The SMILES string of the molecule is N#CC1=C(N)C(C#N)(C#N)[C@H](c2ccc(Cl)cc2Cl)[C@H]2CN(C(=O)OCc3ccccc3)CC=C12. The first-order valence-corrected chi connectivity index (χ1v) is 11.5. The summed E-state index contributed by atoms with van der Waals surface area (Å²) < 4.78 is 5.49. The van der Waals surface area contributed by atoms with Gasteiger partial charge in [0.1, 0.15) is 12.7 Å². The van der Waals surface area contributed by atoms with E-state index in [1.54, 1.807) is 18.2 Å². The zero-order valence-electron chi connectivity index (χ0n) is 18.4. The molecule has 0 spiro atoms. The van der Waals surface area contributed by atoms with Crippen LogP contribution < -0.4 is 5.73 Å². The van der Waals surface area contributed by atoms with Gasteiger partial charge < -0.3 is 15.4 Å². The third kappa shape index (κ3) is 4.19. The van der Waals surface area contributed by atoms with Crippen LogP contribution in [-0.4, -0.2) is 24.1 Å². The van der Waals surface area contributed by atoms with Gasteiger partial charge in [0.2, 0.25) is 0 Å². The smallest absolute Gasteiger partial charge is 0.410 e. The van der Waals surface area contributed by atoms with Crippen LogP contribution in [0.2, 0.25) is 10.0 Å². The van der Waals surface area contributed by atoms with E-state index in [4.69, 9.17) is 33.7 Å². The minimum atomic E-state index is -1.87. The second-order valence-corrected chi connectivity index (χ2v) is 9.13. The van der Waals surface area contributed by atoms with Gasteiger partial charge in [-0.25, -0.2) is 4.79 Å². The molecule has 0 radical (unpaired) electrons. The Morgan fingerprint density at radius 1 is 1.14 bits per heavy atom. The Bertz CT molecular complexity index is 1350. The van der Waals surface area contributed by atoms with Crippen LogP contribution in [0.5, 0.6) is 0 Å². The molecule has 7 nitrogen and oxygen atoms in total. The fraction of sp³-hybridized carbons (Fsp3) is 0.231. The highest BCUT2D eigenvalue weighted by Crippen LogP contribution is 2.55. The molecule has 0 unspecified atom stereocenters. The summed E-state index contributed by atoms with van der Waals surface area (Å²) in [5.41, 5.74) is 6.29. The van der Waals surface area contributed by atoms with Crippen LogP contribution in [0.25, 0.3) is 0 Å². The zero-order valence-corrected chi connectivity index (χ0v) is 19.9. The second-order valence-electron chi connectivity index (χ2n) is 8.29. The molecule has 174 valence electrons. The maximum atomic E-state index is 12.9. The van der Waals surface area contributed by atoms with Crippen molar-refractivity contribution in [2.75, 3.05) is 13.1 Å². The monoisotopic (exact) mass is 503 g/mol. The van der Waals surface area contributed by atoms with Gasteiger partial charge in [0.15, 0.2) is 5.41 Å². The first-order chi connectivity index (χ1) is 16.9. The molecule has 1 aliphatic carbocycles. The number of halogens is 2. The number of rotatable bonds is 3. The molecule has 4 rings (SSSR count). The number of allylic oxidation sites excluding steroid dienone is 2. The van der Waals surface area contributed by atoms with Gasteiger partial charge in [0.25, 0.3) is 0 Å². The third-order valence-electron chi connectivity index (χ3n) is 6.43. The number of carbonyl (C=O) groups excluding carboxylic acids is 1. The quantitative estimate of drug-likeness (QED) is 0.623. The second kappa shape index (κ2) is 9.72. The highest BCUT2D eigenvalue weighted by Gasteiger charge is 2.55. The van der Waals surface area contributed by atoms with E-state index in [1.807, 2.05) is 42.5 Å². The van der Waals surface area contributed by atoms with E-state index >= 15 is 0 Å². The maximum absolute atomic E-state index is 12.9. The summed E-state index contributed by atoms with van der Waals surface area (Å²) in [4.78, 5) is 14.4. The molecule has 0 saturated carbocycles. The number of nitrogens with zero attached hydrogens (tertiary/aromatic N) is 4. The molecule has 2 atom stereocenters. The molecule has 2 aliphatic rings. The Balaban J connectivity index is 1.76. The fourth-order valence-electron chi connectivity index (χ4n) is 4.74. The first kappa shape index (κ1) is 24.2. The largest absolute Gasteiger partial charge is 0.445 e. The number of carbonyl (C=O) groups is 1. The highest BCUT2D eigenvalue weighted by atomic mass is 35.5. The van der Waals surface area contributed by atoms with Crippen molar-refractivity contribution in [2.45, 2.75) is 12.5 Å². The van der Waals surface area contributed by atoms with Crippen molar-refractivity contribution >= 4 is 29.3 Å². The van der Waals surface area contributed by atoms with Crippen molar-refractivity contribution in [1.29, 1.82) is 15.8 Å². The minimum Gasteiger partial charge on any atom is -0.445 e. The summed E-state index contributed by atoms with van der Waals surface area (Å²) in [6.07, 6.45) is 1.17. The summed E-state index contributed by atoms with van der Waals surface area (Å²) in [6.45, 7) is 0.387. The maximum Gasteiger partial charge on any atom is 0.410 e. The van der Waals surface area contributed by atoms with Crippen LogP contribution >= 0.6 is 23.2 Å². The van der Waals surface area contributed by atoms with E-state index in [1.165, 1.54) is 11.0 Å². The topological polar surface area (TPSA) is 127 Å². The van der Waals surface area contributed by atoms with Gasteiger partial charge in [-0.1, -0.05) is 65.7 Å². The Hall–Kier alpha value is -3.96. The Kier molecular flexibility index (Phi) is 6.72. The number of hydrogen-bond acceptors (Lipinski definition) is 6. The van der Waals surface area contributed by atoms with Crippen molar-refractivity contribution in [3.63, 3.8) is 0 Å². The Morgan fingerprint density at radius 3 is 2.49 bits per heavy atom. The van der Waals surface area contributed by atoms with Crippen molar-refractivity contribution in [3.05, 3.63) is 92.6 Å². The van der Waals surface area contributed by atoms with Gasteiger partial charge in [0, 0.05) is 35.0 Å². The summed E-state index contributed by atoms with van der Waals surface area (Å²) in [5, 5.41) is 30.9. The number of amides is 1. The Morgan fingerprint density at radius 2 is 1.86 bits per heavy atom. The molecule has 0 fully saturated rings. The van der Waals surface area contributed by atoms with Gasteiger partial charge in [-0.15, -0.1) is 0 Å². The molecule has 35 heavy (non-hydrogen) atoms. The van der Waals surface area contributed by atoms with Crippen molar-refractivity contribution < 1.29 is 9.53 Å². The third-order valence-corrected chi connectivity index (χ3v) is 6.99. The number of nitriles is 3. The molecule has 9 heteroatoms. The summed E-state index contributed by atoms with van der Waals surface area (Å²) >= 11 is 12.6. The average Bonchev–Trinajstić information content (AvgIpc) is 2.87. The van der Waals surface area contributed by atoms with E-state index in [0.29, 0.717) is 16.2 Å². The van der Waals surface area contributed by atoms with Gasteiger partial charge in [0.05, 0.1) is 23.4 Å². The molecule has 1 amide bonds. The molecule has 2 aromatic rings. The first-order valence-electron chi connectivity index (χ1n) is 10.7. The van der Waals surface area contributed by atoms with Crippen LogP contribution in [0.4, 0.5) is 4.79 Å². The minimum absolute atomic E-state index is 0.0803. The van der Waals surface area contributed by atoms with E-state index in [-0.39, 0.29) is 36.0 Å². The van der Waals surface area contributed by atoms with Gasteiger partial charge in [-0.2, -0.15) is 15.8 Å². The summed E-state index contributed by atoms with van der Waals surface area (Å²) in [5.74, 6) is -1.46. The lowest BCUT2D eigenvalue weighted by atomic mass is 9.58. The zero-order chi connectivity index (χ0) is 25.2. The average molecular weight is 504 g/mol. The van der Waals surface area contributed by atoms with Crippen molar-refractivity contribution in [1.82, 2.24) is 4.90 Å². The molecule has 2 N–H and O–H groups in total. The number of fused-ring (bicyclic) bond motifs is 1. The van der Waals surface area contributed by atoms with E-state index < -0.39 is 23.3 Å². The predicted molar refractivity (Wildman–Crippen MR) is 129 cm³/mol. The van der Waals surface area contributed by atoms with Crippen LogP contribution in [0.3, 0.4) is 0 Å². The molecule has 0 saturated heterocycles. The van der Waals surface area contributed by atoms with Gasteiger partial charge in [-0.3, -0.25) is 0 Å². The molecule has 0 aromatic heterocycles. The molecular weight excluding hydrogens is 485 g/mol. The van der Waals surface area contributed by atoms with E-state index in [2.05, 4.69) is 6.07 Å². The van der Waals surface area contributed by atoms with Gasteiger partial charge >= 0.3 is 6.09 Å². The standard InChI is InChI=1S/C26H19Cl2N5O2/c27-17-6-7-19(22(28)10-17)23-21-12-33(25(34)35-13-16-4-2-1-3-5-16)9-8-18(21)20(11-29)24(32)26(23,14-30)15-31/h1-8,10,21,23H,9,12-13,32H2/t21-,23+/m0/s1. The van der Waals surface area contributed by atoms with Crippen LogP contribution in [0.15, 0.2) is 71.5 Å². The van der Waals surface area contributed by atoms with Crippen molar-refractivity contribution in [2.24, 2.45) is 17.1 Å². The predicted octanol–water partition coefficient (Wildman–Crippen LogP) is 5.06. The van der Waals surface area contributed by atoms with Crippen LogP contribution in [0, 0.1) is 45.3 Å². The van der Waals surface area contributed by atoms with E-state index in [9.17, 15) is 20.6 Å². The summed E-state index contributed by atoms with van der Waals surface area (Å²) in [7, 11) is 0. The lowest BCUT2D eigenvalue weighted by Crippen LogP contribution is -2.49. The van der Waals surface area contributed by atoms with Gasteiger partial charge in [-0.05, 0) is 28.8 Å². The summed E-state index contributed by atoms with van der Waals surface area (Å²) in [6, 6.07) is 20.2. The van der Waals surface area contributed by atoms with Crippen LogP contribution in [0.1, 0.15) is 17.0 Å². The molecule has 1 aliphatic heterocycles. The van der Waals surface area contributed by atoms with E-state index in [0.717, 1.165) is 5.56 Å². The number of nitrogens with two attached hydrogens (primary N) is 1. The number of hydrogen-bond donors (Lipinski definition) is 1. The molecule has 0 bridgehead atoms. The van der Waals surface area contributed by atoms with Crippen molar-refractivity contribution in [3.8, 4) is 18.2 Å². The van der Waals surface area contributed by atoms with Crippen LogP contribution in [-0.2, 0) is 11.3 Å². The molecule has 1 heterocycles. The lowest BCUT2D eigenvalue weighted by molar-refractivity contribution is 0.0898. The lowest BCUT2D eigenvalue weighted by Gasteiger charge is -2.45. The molecular formula is C26H19Cl2N5O2. The molecule has 2 aromatic carbocycles.